The van der Waals surface area contributed by atoms with E-state index in [-0.39, 0.29) is 0 Å². The lowest BCUT2D eigenvalue weighted by molar-refractivity contribution is 0.199. The summed E-state index contributed by atoms with van der Waals surface area (Å²) in [5, 5.41) is 9.60. The van der Waals surface area contributed by atoms with Crippen molar-refractivity contribution in [3.8, 4) is 0 Å². The van der Waals surface area contributed by atoms with E-state index in [2.05, 4.69) is 54.6 Å². The maximum atomic E-state index is 9.60. The predicted molar refractivity (Wildman–Crippen MR) is 82.1 cm³/mol. The van der Waals surface area contributed by atoms with Gasteiger partial charge in [-0.25, -0.2) is 0 Å². The van der Waals surface area contributed by atoms with Crippen LogP contribution < -0.4 is 4.90 Å². The lowest BCUT2D eigenvalue weighted by Gasteiger charge is -2.32. The number of rotatable bonds is 5. The van der Waals surface area contributed by atoms with Gasteiger partial charge in [-0.3, -0.25) is 0 Å². The highest BCUT2D eigenvalue weighted by Crippen LogP contribution is 2.31. The van der Waals surface area contributed by atoms with E-state index in [1.165, 1.54) is 5.69 Å². The van der Waals surface area contributed by atoms with Crippen LogP contribution in [0.15, 0.2) is 22.7 Å². The van der Waals surface area contributed by atoms with Crippen molar-refractivity contribution in [1.29, 1.82) is 0 Å². The van der Waals surface area contributed by atoms with E-state index in [0.29, 0.717) is 12.0 Å². The third kappa shape index (κ3) is 3.99. The van der Waals surface area contributed by atoms with Crippen molar-refractivity contribution in [2.45, 2.75) is 46.8 Å². The summed E-state index contributed by atoms with van der Waals surface area (Å²) in [6.07, 6.45) is -0.423. The normalized spacial score (nSPS) is 13.2. The molecular weight excluding hydrogens is 290 g/mol. The van der Waals surface area contributed by atoms with Crippen LogP contribution in [0.1, 0.15) is 46.3 Å². The van der Waals surface area contributed by atoms with Gasteiger partial charge in [0.2, 0.25) is 0 Å². The third-order valence-corrected chi connectivity index (χ3v) is 3.58. The summed E-state index contributed by atoms with van der Waals surface area (Å²) in [7, 11) is 0. The SMILES string of the molecule is CC(C)CN(c1ccc(C(C)O)cc1Br)C(C)C. The number of nitrogens with zero attached hydrogens (tertiary/aromatic N) is 1. The first-order valence-corrected chi connectivity index (χ1v) is 7.36. The van der Waals surface area contributed by atoms with E-state index in [1.54, 1.807) is 6.92 Å². The Morgan fingerprint density at radius 3 is 2.17 bits per heavy atom. The van der Waals surface area contributed by atoms with Crippen LogP contribution in [0.3, 0.4) is 0 Å². The van der Waals surface area contributed by atoms with Crippen molar-refractivity contribution in [2.75, 3.05) is 11.4 Å². The molecule has 0 amide bonds. The van der Waals surface area contributed by atoms with E-state index in [4.69, 9.17) is 0 Å². The Labute approximate surface area is 119 Å². The van der Waals surface area contributed by atoms with Crippen LogP contribution in [0.2, 0.25) is 0 Å². The minimum atomic E-state index is -0.423. The van der Waals surface area contributed by atoms with Crippen molar-refractivity contribution in [2.24, 2.45) is 5.92 Å². The number of anilines is 1. The van der Waals surface area contributed by atoms with Gasteiger partial charge in [0.25, 0.3) is 0 Å². The van der Waals surface area contributed by atoms with Crippen molar-refractivity contribution >= 4 is 21.6 Å². The number of hydrogen-bond donors (Lipinski definition) is 1. The monoisotopic (exact) mass is 313 g/mol. The zero-order chi connectivity index (χ0) is 13.9. The molecule has 102 valence electrons. The Kier molecular flexibility index (Phi) is 5.67. The molecule has 0 aromatic heterocycles. The van der Waals surface area contributed by atoms with Gasteiger partial charge >= 0.3 is 0 Å². The highest BCUT2D eigenvalue weighted by atomic mass is 79.9. The lowest BCUT2D eigenvalue weighted by atomic mass is 10.1. The molecule has 0 spiro atoms. The molecule has 0 fully saturated rings. The molecular formula is C15H24BrNO. The van der Waals surface area contributed by atoms with Gasteiger partial charge in [-0.15, -0.1) is 0 Å². The fraction of sp³-hybridized carbons (Fsp3) is 0.600. The summed E-state index contributed by atoms with van der Waals surface area (Å²) in [6.45, 7) is 11.7. The summed E-state index contributed by atoms with van der Waals surface area (Å²) >= 11 is 3.62. The zero-order valence-corrected chi connectivity index (χ0v) is 13.5. The number of benzene rings is 1. The fourth-order valence-electron chi connectivity index (χ4n) is 2.00. The van der Waals surface area contributed by atoms with Gasteiger partial charge in [-0.2, -0.15) is 0 Å². The Bertz CT molecular complexity index is 388. The van der Waals surface area contributed by atoms with Gasteiger partial charge in [0.1, 0.15) is 0 Å². The molecule has 0 saturated heterocycles. The summed E-state index contributed by atoms with van der Waals surface area (Å²) < 4.78 is 1.05. The first-order valence-electron chi connectivity index (χ1n) is 6.57. The van der Waals surface area contributed by atoms with Gasteiger partial charge in [-0.1, -0.05) is 19.9 Å². The van der Waals surface area contributed by atoms with Gasteiger partial charge in [0.15, 0.2) is 0 Å². The van der Waals surface area contributed by atoms with Crippen molar-refractivity contribution in [3.05, 3.63) is 28.2 Å². The highest BCUT2D eigenvalue weighted by Gasteiger charge is 2.15. The van der Waals surface area contributed by atoms with Crippen molar-refractivity contribution in [3.63, 3.8) is 0 Å². The smallest absolute Gasteiger partial charge is 0.0762 e. The number of aliphatic hydroxyl groups excluding tert-OH is 1. The first-order chi connectivity index (χ1) is 8.32. The quantitative estimate of drug-likeness (QED) is 0.872. The Balaban J connectivity index is 3.05. The maximum absolute atomic E-state index is 9.60. The average Bonchev–Trinajstić information content (AvgIpc) is 2.25. The molecule has 0 aliphatic rings. The Morgan fingerprint density at radius 1 is 1.17 bits per heavy atom. The van der Waals surface area contributed by atoms with Crippen LogP contribution >= 0.6 is 15.9 Å². The molecule has 1 rings (SSSR count). The topological polar surface area (TPSA) is 23.5 Å². The molecule has 0 saturated carbocycles. The molecule has 0 heterocycles. The second-order valence-electron chi connectivity index (χ2n) is 5.53. The van der Waals surface area contributed by atoms with Crippen LogP contribution in [0, 0.1) is 5.92 Å². The second-order valence-corrected chi connectivity index (χ2v) is 6.38. The predicted octanol–water partition coefficient (Wildman–Crippen LogP) is 4.37. The standard InChI is InChI=1S/C15H24BrNO/c1-10(2)9-17(11(3)4)15-7-6-13(12(5)18)8-14(15)16/h6-8,10-12,18H,9H2,1-5H3. The molecule has 0 bridgehead atoms. The molecule has 1 N–H and O–H groups in total. The molecule has 1 aromatic carbocycles. The molecule has 2 nitrogen and oxygen atoms in total. The molecule has 0 aliphatic carbocycles. The number of aliphatic hydroxyl groups is 1. The van der Waals surface area contributed by atoms with E-state index in [0.717, 1.165) is 16.6 Å². The molecule has 1 aromatic rings. The summed E-state index contributed by atoms with van der Waals surface area (Å²) in [5.41, 5.74) is 2.14. The van der Waals surface area contributed by atoms with Gasteiger partial charge in [0.05, 0.1) is 11.8 Å². The third-order valence-electron chi connectivity index (χ3n) is 2.95. The first kappa shape index (κ1) is 15.5. The zero-order valence-electron chi connectivity index (χ0n) is 11.9. The average molecular weight is 314 g/mol. The van der Waals surface area contributed by atoms with E-state index < -0.39 is 6.10 Å². The van der Waals surface area contributed by atoms with Gasteiger partial charge in [0, 0.05) is 17.1 Å². The minimum Gasteiger partial charge on any atom is -0.389 e. The van der Waals surface area contributed by atoms with E-state index in [1.807, 2.05) is 12.1 Å². The summed E-state index contributed by atoms with van der Waals surface area (Å²) in [5.74, 6) is 0.621. The van der Waals surface area contributed by atoms with Crippen molar-refractivity contribution in [1.82, 2.24) is 0 Å². The van der Waals surface area contributed by atoms with E-state index in [9.17, 15) is 5.11 Å². The molecule has 18 heavy (non-hydrogen) atoms. The second kappa shape index (κ2) is 6.58. The molecule has 0 radical (unpaired) electrons. The Hall–Kier alpha value is -0.540. The molecule has 3 heteroatoms. The van der Waals surface area contributed by atoms with Gasteiger partial charge in [-0.05, 0) is 60.3 Å². The van der Waals surface area contributed by atoms with Crippen LogP contribution in [-0.2, 0) is 0 Å². The molecule has 0 aliphatic heterocycles. The molecule has 1 unspecified atom stereocenters. The number of halogens is 1. The van der Waals surface area contributed by atoms with Crippen LogP contribution in [0.5, 0.6) is 0 Å². The highest BCUT2D eigenvalue weighted by molar-refractivity contribution is 9.10. The molecule has 1 atom stereocenters. The van der Waals surface area contributed by atoms with E-state index >= 15 is 0 Å². The Morgan fingerprint density at radius 2 is 1.78 bits per heavy atom. The van der Waals surface area contributed by atoms with Crippen molar-refractivity contribution < 1.29 is 5.11 Å². The fourth-order valence-corrected chi connectivity index (χ4v) is 2.62. The van der Waals surface area contributed by atoms with Crippen LogP contribution in [0.25, 0.3) is 0 Å². The largest absolute Gasteiger partial charge is 0.389 e. The lowest BCUT2D eigenvalue weighted by Crippen LogP contribution is -2.34. The summed E-state index contributed by atoms with van der Waals surface area (Å²) in [4.78, 5) is 2.39. The number of hydrogen-bond acceptors (Lipinski definition) is 2. The van der Waals surface area contributed by atoms with Gasteiger partial charge < -0.3 is 10.0 Å². The minimum absolute atomic E-state index is 0.423. The summed E-state index contributed by atoms with van der Waals surface area (Å²) in [6, 6.07) is 6.56. The maximum Gasteiger partial charge on any atom is 0.0762 e. The van der Waals surface area contributed by atoms with Crippen LogP contribution in [-0.4, -0.2) is 17.7 Å². The van der Waals surface area contributed by atoms with Crippen LogP contribution in [0.4, 0.5) is 5.69 Å².